The summed E-state index contributed by atoms with van der Waals surface area (Å²) in [5.41, 5.74) is 5.54. The fourth-order valence-electron chi connectivity index (χ4n) is 4.35. The van der Waals surface area contributed by atoms with Crippen molar-refractivity contribution in [1.29, 1.82) is 0 Å². The number of benzene rings is 1. The first-order valence-electron chi connectivity index (χ1n) is 11.7. The highest BCUT2D eigenvalue weighted by molar-refractivity contribution is 6.00. The number of allylic oxidation sites excluding steroid dienone is 9. The summed E-state index contributed by atoms with van der Waals surface area (Å²) >= 11 is 0. The smallest absolute Gasteiger partial charge is 0.248 e. The Kier molecular flexibility index (Phi) is 8.11. The van der Waals surface area contributed by atoms with Crippen molar-refractivity contribution in [2.75, 3.05) is 5.32 Å². The van der Waals surface area contributed by atoms with Gasteiger partial charge in [-0.25, -0.2) is 4.98 Å². The molecule has 1 aromatic heterocycles. The van der Waals surface area contributed by atoms with E-state index in [-0.39, 0.29) is 17.1 Å². The number of phenolic OH excluding ortho intramolecular Hbond substituents is 1. The molecule has 5 nitrogen and oxygen atoms in total. The first kappa shape index (κ1) is 25.0. The highest BCUT2D eigenvalue weighted by Gasteiger charge is 2.32. The van der Waals surface area contributed by atoms with Gasteiger partial charge in [-0.15, -0.1) is 0 Å². The molecule has 1 amide bonds. The van der Waals surface area contributed by atoms with Crippen LogP contribution in [0.25, 0.3) is 0 Å². The van der Waals surface area contributed by atoms with E-state index in [9.17, 15) is 9.90 Å². The molecule has 0 aliphatic heterocycles. The number of amides is 1. The van der Waals surface area contributed by atoms with Crippen LogP contribution in [0.15, 0.2) is 102 Å². The lowest BCUT2D eigenvalue weighted by atomic mass is 9.71. The minimum absolute atomic E-state index is 0.137. The Hall–Kier alpha value is -3.60. The maximum Gasteiger partial charge on any atom is 0.248 e. The highest BCUT2D eigenvalue weighted by Crippen LogP contribution is 2.45. The molecule has 1 aromatic carbocycles. The van der Waals surface area contributed by atoms with E-state index in [0.29, 0.717) is 11.7 Å². The fraction of sp³-hybridized carbons (Fsp3) is 0.310. The Balaban J connectivity index is 1.65. The summed E-state index contributed by atoms with van der Waals surface area (Å²) in [7, 11) is 0. The lowest BCUT2D eigenvalue weighted by Crippen LogP contribution is -2.25. The van der Waals surface area contributed by atoms with E-state index in [1.54, 1.807) is 18.2 Å². The van der Waals surface area contributed by atoms with Crippen molar-refractivity contribution >= 4 is 11.6 Å². The van der Waals surface area contributed by atoms with Crippen LogP contribution in [-0.2, 0) is 4.79 Å². The topological polar surface area (TPSA) is 67.2 Å². The van der Waals surface area contributed by atoms with Gasteiger partial charge in [0.05, 0.1) is 12.4 Å². The van der Waals surface area contributed by atoms with E-state index in [2.05, 4.69) is 54.7 Å². The quantitative estimate of drug-likeness (QED) is 0.270. The molecule has 0 bridgehead atoms. The molecule has 0 radical (unpaired) electrons. The molecule has 1 unspecified atom stereocenters. The van der Waals surface area contributed by atoms with Crippen LogP contribution in [-0.4, -0.2) is 20.6 Å². The van der Waals surface area contributed by atoms with Crippen LogP contribution in [0.2, 0.25) is 0 Å². The largest absolute Gasteiger partial charge is 0.508 e. The summed E-state index contributed by atoms with van der Waals surface area (Å²) < 4.78 is 2.21. The molecular weight excluding hydrogens is 422 g/mol. The number of aromatic nitrogens is 2. The molecule has 0 spiro atoms. The molecule has 0 saturated heterocycles. The number of aromatic hydroxyl groups is 1. The summed E-state index contributed by atoms with van der Waals surface area (Å²) in [6.45, 7) is 10.8. The average Bonchev–Trinajstić information content (AvgIpc) is 3.29. The molecule has 1 aliphatic carbocycles. The van der Waals surface area contributed by atoms with Crippen molar-refractivity contribution < 1.29 is 9.90 Å². The van der Waals surface area contributed by atoms with Crippen LogP contribution < -0.4 is 5.32 Å². The van der Waals surface area contributed by atoms with Gasteiger partial charge in [-0.2, -0.15) is 0 Å². The molecule has 1 atom stereocenters. The molecule has 3 rings (SSSR count). The van der Waals surface area contributed by atoms with E-state index in [1.807, 2.05) is 43.9 Å². The van der Waals surface area contributed by atoms with Crippen LogP contribution in [0.1, 0.15) is 53.5 Å². The number of carbonyl (C=O) groups excluding carboxylic acids is 1. The van der Waals surface area contributed by atoms with Gasteiger partial charge in [0.15, 0.2) is 0 Å². The SMILES string of the molecule is CC1=C(/C=C/C(C)=C/C=C/C(C)=C/C(=O)Nc2ccc(O)cc2)C(C)(C)CCC1n1ccnc1. The standard InChI is InChI=1S/C29H35N3O2/c1-21(7-6-8-22(2)19-28(34)31-24-10-12-25(33)13-11-24)9-14-26-23(3)27(15-16-29(26,4)5)32-18-17-30-20-32/h6-14,17-20,27,33H,15-16H2,1-5H3,(H,31,34)/b8-6+,14-9+,21-7+,22-19+. The average molecular weight is 458 g/mol. The van der Waals surface area contributed by atoms with Crippen molar-refractivity contribution in [2.24, 2.45) is 5.41 Å². The minimum Gasteiger partial charge on any atom is -0.508 e. The van der Waals surface area contributed by atoms with Gasteiger partial charge in [-0.05, 0) is 80.0 Å². The predicted molar refractivity (Wildman–Crippen MR) is 140 cm³/mol. The fourth-order valence-corrected chi connectivity index (χ4v) is 4.35. The number of nitrogens with zero attached hydrogens (tertiary/aromatic N) is 2. The zero-order chi connectivity index (χ0) is 24.7. The molecule has 34 heavy (non-hydrogen) atoms. The van der Waals surface area contributed by atoms with Crippen molar-refractivity contribution in [3.8, 4) is 5.75 Å². The molecule has 0 saturated carbocycles. The van der Waals surface area contributed by atoms with E-state index >= 15 is 0 Å². The molecule has 178 valence electrons. The van der Waals surface area contributed by atoms with Gasteiger partial charge < -0.3 is 15.0 Å². The van der Waals surface area contributed by atoms with Crippen LogP contribution >= 0.6 is 0 Å². The van der Waals surface area contributed by atoms with Gasteiger partial charge in [-0.1, -0.05) is 49.8 Å². The third-order valence-corrected chi connectivity index (χ3v) is 6.31. The Labute approximate surface area is 202 Å². The van der Waals surface area contributed by atoms with Gasteiger partial charge in [0, 0.05) is 24.2 Å². The second-order valence-corrected chi connectivity index (χ2v) is 9.57. The second-order valence-electron chi connectivity index (χ2n) is 9.57. The van der Waals surface area contributed by atoms with E-state index < -0.39 is 0 Å². The summed E-state index contributed by atoms with van der Waals surface area (Å²) in [6, 6.07) is 6.76. The van der Waals surface area contributed by atoms with Gasteiger partial charge in [0.2, 0.25) is 5.91 Å². The monoisotopic (exact) mass is 457 g/mol. The Morgan fingerprint density at radius 2 is 1.91 bits per heavy atom. The molecule has 0 fully saturated rings. The third-order valence-electron chi connectivity index (χ3n) is 6.31. The number of carbonyl (C=O) groups is 1. The van der Waals surface area contributed by atoms with Crippen LogP contribution in [0.5, 0.6) is 5.75 Å². The number of hydrogen-bond acceptors (Lipinski definition) is 3. The van der Waals surface area contributed by atoms with Gasteiger partial charge in [0.1, 0.15) is 5.75 Å². The lowest BCUT2D eigenvalue weighted by molar-refractivity contribution is -0.111. The van der Waals surface area contributed by atoms with E-state index in [4.69, 9.17) is 0 Å². The van der Waals surface area contributed by atoms with Crippen LogP contribution in [0.4, 0.5) is 5.69 Å². The zero-order valence-electron chi connectivity index (χ0n) is 20.7. The van der Waals surface area contributed by atoms with Gasteiger partial charge in [0.25, 0.3) is 0 Å². The summed E-state index contributed by atoms with van der Waals surface area (Å²) in [4.78, 5) is 16.4. The number of phenols is 1. The van der Waals surface area contributed by atoms with Crippen LogP contribution in [0, 0.1) is 5.41 Å². The Morgan fingerprint density at radius 1 is 1.18 bits per heavy atom. The normalized spacial score (nSPS) is 19.3. The Bertz CT molecular complexity index is 1140. The minimum atomic E-state index is -0.206. The summed E-state index contributed by atoms with van der Waals surface area (Å²) in [6.07, 6.45) is 19.9. The molecule has 1 heterocycles. The zero-order valence-corrected chi connectivity index (χ0v) is 20.7. The van der Waals surface area contributed by atoms with E-state index in [0.717, 1.165) is 24.0 Å². The van der Waals surface area contributed by atoms with E-state index in [1.165, 1.54) is 23.3 Å². The lowest BCUT2D eigenvalue weighted by Gasteiger charge is -2.37. The molecule has 5 heteroatoms. The van der Waals surface area contributed by atoms with Crippen molar-refractivity contribution in [1.82, 2.24) is 9.55 Å². The number of imidazole rings is 1. The summed E-state index contributed by atoms with van der Waals surface area (Å²) in [5.74, 6) is -0.0387. The molecule has 2 aromatic rings. The first-order valence-corrected chi connectivity index (χ1v) is 11.7. The number of hydrogen-bond donors (Lipinski definition) is 2. The maximum atomic E-state index is 12.2. The number of nitrogens with one attached hydrogen (secondary N) is 1. The predicted octanol–water partition coefficient (Wildman–Crippen LogP) is 6.91. The molecular formula is C29H35N3O2. The second kappa shape index (κ2) is 11.0. The van der Waals surface area contributed by atoms with Gasteiger partial charge >= 0.3 is 0 Å². The van der Waals surface area contributed by atoms with Crippen molar-refractivity contribution in [2.45, 2.75) is 53.5 Å². The van der Waals surface area contributed by atoms with Crippen LogP contribution in [0.3, 0.4) is 0 Å². The Morgan fingerprint density at radius 3 is 2.59 bits per heavy atom. The molecule has 1 aliphatic rings. The van der Waals surface area contributed by atoms with Crippen molar-refractivity contribution in [3.63, 3.8) is 0 Å². The highest BCUT2D eigenvalue weighted by atomic mass is 16.3. The first-order chi connectivity index (χ1) is 16.2. The third kappa shape index (κ3) is 6.70. The number of anilines is 1. The molecule has 2 N–H and O–H groups in total. The maximum absolute atomic E-state index is 12.2. The number of rotatable bonds is 7. The summed E-state index contributed by atoms with van der Waals surface area (Å²) in [5, 5.41) is 12.1. The van der Waals surface area contributed by atoms with Gasteiger partial charge in [-0.3, -0.25) is 4.79 Å². The van der Waals surface area contributed by atoms with Crippen molar-refractivity contribution in [3.05, 3.63) is 102 Å².